The van der Waals surface area contributed by atoms with E-state index in [-0.39, 0.29) is 0 Å². The van der Waals surface area contributed by atoms with Crippen molar-refractivity contribution in [3.63, 3.8) is 0 Å². The Morgan fingerprint density at radius 3 is 2.56 bits per heavy atom. The van der Waals surface area contributed by atoms with Crippen LogP contribution in [0.4, 0.5) is 0 Å². The molecule has 3 heteroatoms. The molecule has 1 unspecified atom stereocenters. The maximum Gasteiger partial charge on any atom is 0.0107 e. The molecule has 0 radical (unpaired) electrons. The molecule has 0 aliphatic carbocycles. The van der Waals surface area contributed by atoms with Crippen LogP contribution in [0, 0.1) is 11.8 Å². The normalized spacial score (nSPS) is 29.7. The summed E-state index contributed by atoms with van der Waals surface area (Å²) in [6.45, 7) is 15.9. The van der Waals surface area contributed by atoms with Crippen LogP contribution in [0.25, 0.3) is 0 Å². The van der Waals surface area contributed by atoms with Gasteiger partial charge in [-0.15, -0.1) is 0 Å². The van der Waals surface area contributed by atoms with Gasteiger partial charge in [0.1, 0.15) is 0 Å². The van der Waals surface area contributed by atoms with E-state index >= 15 is 0 Å². The summed E-state index contributed by atoms with van der Waals surface area (Å²) < 4.78 is 0. The SMILES string of the molecule is CC1CNCCN(CC2CCN(C(C)C)CC2)C1. The van der Waals surface area contributed by atoms with Gasteiger partial charge in [0.05, 0.1) is 0 Å². The van der Waals surface area contributed by atoms with E-state index in [2.05, 4.69) is 35.9 Å². The van der Waals surface area contributed by atoms with Crippen LogP contribution in [0.2, 0.25) is 0 Å². The summed E-state index contributed by atoms with van der Waals surface area (Å²) >= 11 is 0. The predicted octanol–water partition coefficient (Wildman–Crippen LogP) is 1.65. The zero-order valence-corrected chi connectivity index (χ0v) is 12.5. The molecular formula is C15H31N3. The number of nitrogens with zero attached hydrogens (tertiary/aromatic N) is 2. The Labute approximate surface area is 113 Å². The van der Waals surface area contributed by atoms with Crippen LogP contribution in [-0.2, 0) is 0 Å². The van der Waals surface area contributed by atoms with Crippen molar-refractivity contribution in [3.8, 4) is 0 Å². The molecule has 1 N–H and O–H groups in total. The van der Waals surface area contributed by atoms with E-state index < -0.39 is 0 Å². The lowest BCUT2D eigenvalue weighted by atomic mass is 9.95. The van der Waals surface area contributed by atoms with E-state index in [1.54, 1.807) is 0 Å². The molecule has 0 spiro atoms. The highest BCUT2D eigenvalue weighted by Crippen LogP contribution is 2.20. The van der Waals surface area contributed by atoms with Gasteiger partial charge in [-0.3, -0.25) is 0 Å². The predicted molar refractivity (Wildman–Crippen MR) is 77.9 cm³/mol. The van der Waals surface area contributed by atoms with Crippen molar-refractivity contribution >= 4 is 0 Å². The van der Waals surface area contributed by atoms with Gasteiger partial charge in [-0.2, -0.15) is 0 Å². The summed E-state index contributed by atoms with van der Waals surface area (Å²) in [6, 6.07) is 0.730. The highest BCUT2D eigenvalue weighted by Gasteiger charge is 2.23. The summed E-state index contributed by atoms with van der Waals surface area (Å²) in [5.41, 5.74) is 0. The summed E-state index contributed by atoms with van der Waals surface area (Å²) in [4.78, 5) is 5.32. The molecule has 0 bridgehead atoms. The van der Waals surface area contributed by atoms with Crippen LogP contribution >= 0.6 is 0 Å². The number of nitrogens with one attached hydrogen (secondary N) is 1. The van der Waals surface area contributed by atoms with E-state index in [9.17, 15) is 0 Å². The van der Waals surface area contributed by atoms with Gasteiger partial charge in [0.2, 0.25) is 0 Å². The molecule has 2 rings (SSSR count). The van der Waals surface area contributed by atoms with E-state index in [1.807, 2.05) is 0 Å². The molecule has 106 valence electrons. The lowest BCUT2D eigenvalue weighted by Crippen LogP contribution is -2.42. The van der Waals surface area contributed by atoms with Crippen molar-refractivity contribution in [3.05, 3.63) is 0 Å². The van der Waals surface area contributed by atoms with E-state index in [0.29, 0.717) is 0 Å². The minimum atomic E-state index is 0.730. The van der Waals surface area contributed by atoms with Crippen molar-refractivity contribution in [2.24, 2.45) is 11.8 Å². The summed E-state index contributed by atoms with van der Waals surface area (Å²) in [5.74, 6) is 1.74. The fourth-order valence-electron chi connectivity index (χ4n) is 3.37. The van der Waals surface area contributed by atoms with Crippen LogP contribution in [0.1, 0.15) is 33.6 Å². The fraction of sp³-hybridized carbons (Fsp3) is 1.00. The second-order valence-electron chi connectivity index (χ2n) is 6.64. The number of rotatable bonds is 3. The molecule has 0 saturated carbocycles. The second-order valence-corrected chi connectivity index (χ2v) is 6.64. The maximum absolute atomic E-state index is 3.54. The quantitative estimate of drug-likeness (QED) is 0.825. The van der Waals surface area contributed by atoms with E-state index in [4.69, 9.17) is 0 Å². The van der Waals surface area contributed by atoms with Gasteiger partial charge in [-0.25, -0.2) is 0 Å². The lowest BCUT2D eigenvalue weighted by Gasteiger charge is -2.36. The van der Waals surface area contributed by atoms with Gasteiger partial charge in [-0.05, 0) is 58.2 Å². The third-order valence-electron chi connectivity index (χ3n) is 4.56. The Bertz CT molecular complexity index is 234. The molecule has 0 amide bonds. The molecular weight excluding hydrogens is 222 g/mol. The molecule has 0 aromatic rings. The minimum Gasteiger partial charge on any atom is -0.315 e. The Morgan fingerprint density at radius 2 is 1.89 bits per heavy atom. The van der Waals surface area contributed by atoms with Crippen molar-refractivity contribution in [1.29, 1.82) is 0 Å². The first kappa shape index (κ1) is 14.3. The largest absolute Gasteiger partial charge is 0.315 e. The fourth-order valence-corrected chi connectivity index (χ4v) is 3.37. The van der Waals surface area contributed by atoms with Crippen LogP contribution in [0.15, 0.2) is 0 Å². The standard InChI is InChI=1S/C15H31N3/c1-13(2)18-7-4-15(5-8-18)12-17-9-6-16-10-14(3)11-17/h13-16H,4-12H2,1-3H3. The van der Waals surface area contributed by atoms with Crippen LogP contribution in [0.5, 0.6) is 0 Å². The third kappa shape index (κ3) is 4.22. The monoisotopic (exact) mass is 253 g/mol. The molecule has 2 aliphatic rings. The van der Waals surface area contributed by atoms with Gasteiger partial charge in [-0.1, -0.05) is 6.92 Å². The van der Waals surface area contributed by atoms with E-state index in [0.717, 1.165) is 17.9 Å². The Hall–Kier alpha value is -0.120. The average molecular weight is 253 g/mol. The number of hydrogen-bond donors (Lipinski definition) is 1. The van der Waals surface area contributed by atoms with Crippen molar-refractivity contribution in [2.75, 3.05) is 45.8 Å². The second kappa shape index (κ2) is 6.88. The molecule has 2 fully saturated rings. The van der Waals surface area contributed by atoms with Crippen molar-refractivity contribution in [2.45, 2.75) is 39.7 Å². The molecule has 0 aromatic heterocycles. The van der Waals surface area contributed by atoms with Gasteiger partial charge in [0.15, 0.2) is 0 Å². The first-order valence-corrected chi connectivity index (χ1v) is 7.82. The molecule has 0 aromatic carbocycles. The highest BCUT2D eigenvalue weighted by molar-refractivity contribution is 4.79. The van der Waals surface area contributed by atoms with Crippen LogP contribution in [-0.4, -0.2) is 61.7 Å². The topological polar surface area (TPSA) is 18.5 Å². The van der Waals surface area contributed by atoms with Gasteiger partial charge < -0.3 is 15.1 Å². The van der Waals surface area contributed by atoms with Crippen molar-refractivity contribution < 1.29 is 0 Å². The highest BCUT2D eigenvalue weighted by atomic mass is 15.2. The number of hydrogen-bond acceptors (Lipinski definition) is 3. The Balaban J connectivity index is 1.73. The molecule has 2 saturated heterocycles. The van der Waals surface area contributed by atoms with Gasteiger partial charge in [0, 0.05) is 32.2 Å². The number of piperidine rings is 1. The lowest BCUT2D eigenvalue weighted by molar-refractivity contribution is 0.120. The minimum absolute atomic E-state index is 0.730. The zero-order valence-electron chi connectivity index (χ0n) is 12.5. The third-order valence-corrected chi connectivity index (χ3v) is 4.56. The zero-order chi connectivity index (χ0) is 13.0. The average Bonchev–Trinajstić information content (AvgIpc) is 2.54. The van der Waals surface area contributed by atoms with Gasteiger partial charge in [0.25, 0.3) is 0 Å². The van der Waals surface area contributed by atoms with Crippen LogP contribution < -0.4 is 5.32 Å². The molecule has 2 heterocycles. The first-order valence-electron chi connectivity index (χ1n) is 7.82. The molecule has 18 heavy (non-hydrogen) atoms. The van der Waals surface area contributed by atoms with E-state index in [1.165, 1.54) is 58.7 Å². The Kier molecular flexibility index (Phi) is 5.46. The first-order chi connectivity index (χ1) is 8.65. The van der Waals surface area contributed by atoms with Gasteiger partial charge >= 0.3 is 0 Å². The summed E-state index contributed by atoms with van der Waals surface area (Å²) in [5, 5.41) is 3.54. The Morgan fingerprint density at radius 1 is 1.17 bits per heavy atom. The molecule has 3 nitrogen and oxygen atoms in total. The summed E-state index contributed by atoms with van der Waals surface area (Å²) in [7, 11) is 0. The summed E-state index contributed by atoms with van der Waals surface area (Å²) in [6.07, 6.45) is 2.80. The maximum atomic E-state index is 3.54. The van der Waals surface area contributed by atoms with Crippen molar-refractivity contribution in [1.82, 2.24) is 15.1 Å². The molecule has 1 atom stereocenters. The smallest absolute Gasteiger partial charge is 0.0107 e. The van der Waals surface area contributed by atoms with Crippen LogP contribution in [0.3, 0.4) is 0 Å². The molecule has 2 aliphatic heterocycles. The number of likely N-dealkylation sites (tertiary alicyclic amines) is 1.